The average Bonchev–Trinajstić information content (AvgIpc) is 2.28. The smallest absolute Gasteiger partial charge is 0.321 e. The number of esters is 1. The molecule has 1 rings (SSSR count). The highest BCUT2D eigenvalue weighted by Crippen LogP contribution is 2.29. The van der Waals surface area contributed by atoms with Crippen molar-refractivity contribution in [3.63, 3.8) is 0 Å². The van der Waals surface area contributed by atoms with E-state index in [0.29, 0.717) is 12.5 Å². The van der Waals surface area contributed by atoms with E-state index in [1.54, 1.807) is 11.8 Å². The van der Waals surface area contributed by atoms with Gasteiger partial charge in [-0.05, 0) is 19.1 Å². The van der Waals surface area contributed by atoms with Gasteiger partial charge in [0.15, 0.2) is 4.38 Å². The first-order valence-corrected chi connectivity index (χ1v) is 7.41. The van der Waals surface area contributed by atoms with Crippen molar-refractivity contribution in [1.82, 2.24) is 5.43 Å². The largest absolute Gasteiger partial charge is 0.465 e. The molecule has 0 fully saturated rings. The number of ether oxygens (including phenoxy) is 1. The van der Waals surface area contributed by atoms with Crippen LogP contribution in [-0.2, 0) is 9.53 Å². The van der Waals surface area contributed by atoms with Gasteiger partial charge >= 0.3 is 5.97 Å². The van der Waals surface area contributed by atoms with E-state index in [1.165, 1.54) is 11.8 Å². The Bertz CT molecular complexity index is 282. The van der Waals surface area contributed by atoms with Gasteiger partial charge in [-0.15, -0.1) is 11.8 Å². The number of rotatable bonds is 3. The average molecular weight is 262 g/mol. The molecule has 0 bridgehead atoms. The molecule has 0 aromatic rings. The first-order chi connectivity index (χ1) is 7.60. The Hall–Kier alpha value is -0.360. The van der Waals surface area contributed by atoms with Crippen LogP contribution in [-0.4, -0.2) is 34.5 Å². The Morgan fingerprint density at radius 1 is 1.69 bits per heavy atom. The van der Waals surface area contributed by atoms with E-state index in [2.05, 4.69) is 24.4 Å². The Morgan fingerprint density at radius 3 is 2.88 bits per heavy atom. The van der Waals surface area contributed by atoms with Crippen LogP contribution in [0.15, 0.2) is 5.10 Å². The molecule has 2 atom stereocenters. The number of nitrogens with zero attached hydrogens (tertiary/aromatic N) is 1. The Kier molecular flexibility index (Phi) is 5.48. The summed E-state index contributed by atoms with van der Waals surface area (Å²) in [5, 5.41) is 4.03. The van der Waals surface area contributed by atoms with E-state index in [0.717, 1.165) is 4.38 Å². The van der Waals surface area contributed by atoms with E-state index >= 15 is 0 Å². The van der Waals surface area contributed by atoms with Crippen LogP contribution in [0.1, 0.15) is 20.8 Å². The lowest BCUT2D eigenvalue weighted by molar-refractivity contribution is -0.143. The minimum atomic E-state index is -0.195. The van der Waals surface area contributed by atoms with Crippen LogP contribution in [0.4, 0.5) is 0 Å². The SMILES string of the molecule is CCOC(=O)[C@H]1SC(SC)=NN[C@@H]1C(C)C. The maximum atomic E-state index is 11.8. The topological polar surface area (TPSA) is 50.7 Å². The second-order valence-corrected chi connectivity index (χ2v) is 5.95. The summed E-state index contributed by atoms with van der Waals surface area (Å²) in [4.78, 5) is 11.8. The lowest BCUT2D eigenvalue weighted by Gasteiger charge is -2.31. The van der Waals surface area contributed by atoms with Crippen LogP contribution in [0.2, 0.25) is 0 Å². The van der Waals surface area contributed by atoms with E-state index < -0.39 is 0 Å². The number of hydrazone groups is 1. The van der Waals surface area contributed by atoms with Crippen LogP contribution in [0, 0.1) is 5.92 Å². The van der Waals surface area contributed by atoms with E-state index in [-0.39, 0.29) is 17.3 Å². The van der Waals surface area contributed by atoms with E-state index in [4.69, 9.17) is 4.74 Å². The maximum absolute atomic E-state index is 11.8. The standard InChI is InChI=1S/C10H18N2O2S2/c1-5-14-9(13)8-7(6(2)3)11-12-10(15-4)16-8/h6-8,11H,5H2,1-4H3/t7-,8+/m1/s1. The van der Waals surface area contributed by atoms with E-state index in [1.807, 2.05) is 13.2 Å². The minimum Gasteiger partial charge on any atom is -0.465 e. The summed E-state index contributed by atoms with van der Waals surface area (Å²) in [5.74, 6) is 0.189. The zero-order valence-electron chi connectivity index (χ0n) is 10.0. The maximum Gasteiger partial charge on any atom is 0.321 e. The third-order valence-corrected chi connectivity index (χ3v) is 4.53. The van der Waals surface area contributed by atoms with Gasteiger partial charge in [-0.1, -0.05) is 25.6 Å². The van der Waals surface area contributed by atoms with Crippen LogP contribution in [0.5, 0.6) is 0 Å². The first kappa shape index (κ1) is 13.7. The molecule has 0 radical (unpaired) electrons. The molecule has 16 heavy (non-hydrogen) atoms. The molecule has 6 heteroatoms. The molecule has 0 saturated heterocycles. The summed E-state index contributed by atoms with van der Waals surface area (Å²) in [6.45, 7) is 6.40. The van der Waals surface area contributed by atoms with Gasteiger partial charge in [-0.3, -0.25) is 4.79 Å². The normalized spacial score (nSPS) is 24.9. The molecule has 92 valence electrons. The third kappa shape index (κ3) is 3.31. The molecule has 0 aliphatic carbocycles. The highest BCUT2D eigenvalue weighted by Gasteiger charge is 2.36. The second kappa shape index (κ2) is 6.39. The van der Waals surface area contributed by atoms with E-state index in [9.17, 15) is 4.79 Å². The molecule has 1 aliphatic heterocycles. The monoisotopic (exact) mass is 262 g/mol. The van der Waals surface area contributed by atoms with Crippen molar-refractivity contribution in [3.05, 3.63) is 0 Å². The predicted octanol–water partition coefficient (Wildman–Crippen LogP) is 1.91. The molecule has 4 nitrogen and oxygen atoms in total. The second-order valence-electron chi connectivity index (χ2n) is 3.77. The molecular formula is C10H18N2O2S2. The van der Waals surface area contributed by atoms with Crippen LogP contribution in [0.25, 0.3) is 0 Å². The molecule has 1 heterocycles. The zero-order chi connectivity index (χ0) is 12.1. The molecule has 0 unspecified atom stereocenters. The van der Waals surface area contributed by atoms with Gasteiger partial charge in [0.2, 0.25) is 0 Å². The predicted molar refractivity (Wildman–Crippen MR) is 70.7 cm³/mol. The van der Waals surface area contributed by atoms with Gasteiger partial charge in [0.05, 0.1) is 12.6 Å². The Labute approximate surface area is 105 Å². The Balaban J connectivity index is 2.76. The number of nitrogens with one attached hydrogen (secondary N) is 1. The van der Waals surface area contributed by atoms with Crippen LogP contribution in [0.3, 0.4) is 0 Å². The van der Waals surface area contributed by atoms with Gasteiger partial charge in [0, 0.05) is 0 Å². The van der Waals surface area contributed by atoms with Crippen LogP contribution >= 0.6 is 23.5 Å². The number of hydrogen-bond acceptors (Lipinski definition) is 6. The summed E-state index contributed by atoms with van der Waals surface area (Å²) in [5.41, 5.74) is 3.05. The molecular weight excluding hydrogens is 244 g/mol. The molecule has 1 aliphatic rings. The summed E-state index contributed by atoms with van der Waals surface area (Å²) in [6, 6.07) is 0.0416. The summed E-state index contributed by atoms with van der Waals surface area (Å²) in [6.07, 6.45) is 1.95. The highest BCUT2D eigenvalue weighted by atomic mass is 32.2. The number of carbonyl (C=O) groups is 1. The molecule has 0 spiro atoms. The highest BCUT2D eigenvalue weighted by molar-refractivity contribution is 8.39. The molecule has 0 aromatic carbocycles. The number of carbonyl (C=O) groups excluding carboxylic acids is 1. The summed E-state index contributed by atoms with van der Waals surface area (Å²) in [7, 11) is 0. The fourth-order valence-electron chi connectivity index (χ4n) is 1.41. The van der Waals surface area contributed by atoms with Crippen molar-refractivity contribution in [2.45, 2.75) is 32.1 Å². The summed E-state index contributed by atoms with van der Waals surface area (Å²) >= 11 is 3.03. The van der Waals surface area contributed by atoms with Gasteiger partial charge in [-0.2, -0.15) is 5.10 Å². The van der Waals surface area contributed by atoms with Gasteiger partial charge in [0.1, 0.15) is 5.25 Å². The van der Waals surface area contributed by atoms with Crippen LogP contribution < -0.4 is 5.43 Å². The number of thioether (sulfide) groups is 2. The van der Waals surface area contributed by atoms with Crippen molar-refractivity contribution in [1.29, 1.82) is 0 Å². The fraction of sp³-hybridized carbons (Fsp3) is 0.800. The Morgan fingerprint density at radius 2 is 2.38 bits per heavy atom. The van der Waals surface area contributed by atoms with Crippen molar-refractivity contribution in [3.8, 4) is 0 Å². The molecule has 0 amide bonds. The lowest BCUT2D eigenvalue weighted by Crippen LogP contribution is -2.47. The van der Waals surface area contributed by atoms with Gasteiger partial charge < -0.3 is 10.2 Å². The quantitative estimate of drug-likeness (QED) is 0.787. The fourth-order valence-corrected chi connectivity index (χ4v) is 3.26. The van der Waals surface area contributed by atoms with Crippen molar-refractivity contribution in [2.75, 3.05) is 12.9 Å². The lowest BCUT2D eigenvalue weighted by atomic mass is 10.0. The van der Waals surface area contributed by atoms with Crippen molar-refractivity contribution >= 4 is 33.9 Å². The number of hydrogen-bond donors (Lipinski definition) is 1. The molecule has 0 saturated carbocycles. The third-order valence-electron chi connectivity index (χ3n) is 2.27. The van der Waals surface area contributed by atoms with Gasteiger partial charge in [0.25, 0.3) is 0 Å². The molecule has 1 N–H and O–H groups in total. The van der Waals surface area contributed by atoms with Gasteiger partial charge in [-0.25, -0.2) is 0 Å². The molecule has 0 aromatic heterocycles. The first-order valence-electron chi connectivity index (χ1n) is 5.30. The minimum absolute atomic E-state index is 0.0416. The summed E-state index contributed by atoms with van der Waals surface area (Å²) < 4.78 is 5.97. The van der Waals surface area contributed by atoms with Crippen molar-refractivity contribution < 1.29 is 9.53 Å². The zero-order valence-corrected chi connectivity index (χ0v) is 11.7. The van der Waals surface area contributed by atoms with Crippen molar-refractivity contribution in [2.24, 2.45) is 11.0 Å².